The lowest BCUT2D eigenvalue weighted by molar-refractivity contribution is -0.119. The fourth-order valence-corrected chi connectivity index (χ4v) is 4.24. The Hall–Kier alpha value is -0.570. The Balaban J connectivity index is 0.00000192. The largest absolute Gasteiger partial charge is 0.393 e. The Kier molecular flexibility index (Phi) is 6.53. The molecule has 0 aromatic heterocycles. The highest BCUT2D eigenvalue weighted by atomic mass is 127. The summed E-state index contributed by atoms with van der Waals surface area (Å²) in [5.41, 5.74) is 0.0832. The fraction of sp³-hybridized carbons (Fsp3) is 0.875. The number of rotatable bonds is 2. The summed E-state index contributed by atoms with van der Waals surface area (Å²) in [5.74, 6) is 1.43. The first-order valence-corrected chi connectivity index (χ1v) is 8.52. The van der Waals surface area contributed by atoms with Gasteiger partial charge in [0.25, 0.3) is 0 Å². The van der Waals surface area contributed by atoms with Gasteiger partial charge in [-0.15, -0.1) is 24.0 Å². The van der Waals surface area contributed by atoms with Crippen LogP contribution in [0.3, 0.4) is 0 Å². The molecular weight excluding hydrogens is 407 g/mol. The molecule has 3 atom stereocenters. The van der Waals surface area contributed by atoms with Crippen molar-refractivity contribution < 1.29 is 9.90 Å². The zero-order chi connectivity index (χ0) is 15.6. The Morgan fingerprint density at radius 2 is 2.30 bits per heavy atom. The van der Waals surface area contributed by atoms with E-state index in [2.05, 4.69) is 20.5 Å². The summed E-state index contributed by atoms with van der Waals surface area (Å²) in [4.78, 5) is 18.3. The van der Waals surface area contributed by atoms with Gasteiger partial charge in [-0.3, -0.25) is 9.79 Å². The summed E-state index contributed by atoms with van der Waals surface area (Å²) in [6, 6.07) is 0. The first-order chi connectivity index (χ1) is 10.6. The van der Waals surface area contributed by atoms with E-state index in [1.54, 1.807) is 0 Å². The van der Waals surface area contributed by atoms with Crippen LogP contribution in [0.15, 0.2) is 4.99 Å². The molecule has 2 heterocycles. The highest BCUT2D eigenvalue weighted by Gasteiger charge is 2.42. The van der Waals surface area contributed by atoms with Crippen LogP contribution in [-0.4, -0.2) is 61.2 Å². The van der Waals surface area contributed by atoms with Gasteiger partial charge in [0.2, 0.25) is 5.91 Å². The third-order valence-corrected chi connectivity index (χ3v) is 5.51. The van der Waals surface area contributed by atoms with Gasteiger partial charge in [-0.05, 0) is 25.7 Å². The number of aliphatic imine (C=N–C) groups is 1. The Bertz CT molecular complexity index is 459. The number of aliphatic hydroxyl groups is 1. The second-order valence-corrected chi connectivity index (χ2v) is 7.17. The molecule has 2 aliphatic heterocycles. The highest BCUT2D eigenvalue weighted by Crippen LogP contribution is 2.36. The van der Waals surface area contributed by atoms with E-state index in [1.807, 2.05) is 7.05 Å². The van der Waals surface area contributed by atoms with Crippen molar-refractivity contribution in [2.24, 2.45) is 16.3 Å². The van der Waals surface area contributed by atoms with Crippen LogP contribution < -0.4 is 10.6 Å². The molecule has 3 unspecified atom stereocenters. The van der Waals surface area contributed by atoms with E-state index in [4.69, 9.17) is 0 Å². The lowest BCUT2D eigenvalue weighted by atomic mass is 9.79. The van der Waals surface area contributed by atoms with Crippen molar-refractivity contribution in [3.8, 4) is 0 Å². The third kappa shape index (κ3) is 4.29. The van der Waals surface area contributed by atoms with Crippen molar-refractivity contribution in [2.45, 2.75) is 44.6 Å². The van der Waals surface area contributed by atoms with Gasteiger partial charge in [-0.1, -0.05) is 6.42 Å². The maximum atomic E-state index is 11.6. The quantitative estimate of drug-likeness (QED) is 0.342. The smallest absolute Gasteiger partial charge is 0.220 e. The number of aliphatic hydroxyl groups excluding tert-OH is 1. The molecular formula is C16H29IN4O2. The van der Waals surface area contributed by atoms with Gasteiger partial charge < -0.3 is 20.6 Å². The molecule has 0 radical (unpaired) electrons. The number of guanidine groups is 1. The number of hydrogen-bond donors (Lipinski definition) is 3. The predicted octanol–water partition coefficient (Wildman–Crippen LogP) is 0.943. The molecule has 0 aromatic carbocycles. The molecule has 1 aliphatic carbocycles. The van der Waals surface area contributed by atoms with Crippen molar-refractivity contribution in [2.75, 3.05) is 33.2 Å². The van der Waals surface area contributed by atoms with E-state index >= 15 is 0 Å². The van der Waals surface area contributed by atoms with E-state index in [0.29, 0.717) is 12.3 Å². The van der Waals surface area contributed by atoms with Gasteiger partial charge in [0.1, 0.15) is 0 Å². The number of amides is 1. The van der Waals surface area contributed by atoms with Crippen molar-refractivity contribution >= 4 is 35.8 Å². The Morgan fingerprint density at radius 3 is 2.91 bits per heavy atom. The molecule has 1 amide bonds. The lowest BCUT2D eigenvalue weighted by Gasteiger charge is -2.41. The van der Waals surface area contributed by atoms with Gasteiger partial charge in [-0.2, -0.15) is 0 Å². The molecule has 3 fully saturated rings. The third-order valence-electron chi connectivity index (χ3n) is 5.51. The fourth-order valence-electron chi connectivity index (χ4n) is 4.24. The van der Waals surface area contributed by atoms with Crippen LogP contribution >= 0.6 is 24.0 Å². The Morgan fingerprint density at radius 1 is 1.48 bits per heavy atom. The van der Waals surface area contributed by atoms with Crippen molar-refractivity contribution in [3.63, 3.8) is 0 Å². The minimum atomic E-state index is -0.171. The second kappa shape index (κ2) is 8.00. The van der Waals surface area contributed by atoms with E-state index in [9.17, 15) is 9.90 Å². The number of carbonyl (C=O) groups excluding carboxylic acids is 1. The normalized spacial score (nSPS) is 34.4. The molecule has 0 aromatic rings. The average molecular weight is 436 g/mol. The number of likely N-dealkylation sites (tertiary alicyclic amines) is 1. The SMILES string of the molecule is CN=C(NCC1CCCC1O)N1CCCC2(CNC(=O)C2)C1.I. The van der Waals surface area contributed by atoms with Crippen LogP contribution in [0, 0.1) is 11.3 Å². The molecule has 1 spiro atoms. The molecule has 2 saturated heterocycles. The van der Waals surface area contributed by atoms with Gasteiger partial charge in [0.05, 0.1) is 6.10 Å². The second-order valence-electron chi connectivity index (χ2n) is 7.17. The van der Waals surface area contributed by atoms with Crippen LogP contribution in [0.4, 0.5) is 0 Å². The van der Waals surface area contributed by atoms with Crippen LogP contribution in [-0.2, 0) is 4.79 Å². The maximum absolute atomic E-state index is 11.6. The average Bonchev–Trinajstić information content (AvgIpc) is 3.07. The Labute approximate surface area is 155 Å². The van der Waals surface area contributed by atoms with Gasteiger partial charge in [-0.25, -0.2) is 0 Å². The monoisotopic (exact) mass is 436 g/mol. The zero-order valence-electron chi connectivity index (χ0n) is 13.9. The number of nitrogens with one attached hydrogen (secondary N) is 2. The number of piperidine rings is 1. The van der Waals surface area contributed by atoms with Gasteiger partial charge >= 0.3 is 0 Å². The van der Waals surface area contributed by atoms with E-state index < -0.39 is 0 Å². The molecule has 3 aliphatic rings. The molecule has 132 valence electrons. The predicted molar refractivity (Wildman–Crippen MR) is 101 cm³/mol. The summed E-state index contributed by atoms with van der Waals surface area (Å²) in [5, 5.41) is 16.4. The minimum Gasteiger partial charge on any atom is -0.393 e. The van der Waals surface area contributed by atoms with E-state index in [1.165, 1.54) is 0 Å². The maximum Gasteiger partial charge on any atom is 0.220 e. The molecule has 0 bridgehead atoms. The number of nitrogens with zero attached hydrogens (tertiary/aromatic N) is 2. The lowest BCUT2D eigenvalue weighted by Crippen LogP contribution is -2.52. The standard InChI is InChI=1S/C16H28N4O2.HI/c1-17-15(18-9-12-4-2-5-13(12)21)20-7-3-6-16(11-20)8-14(22)19-10-16;/h12-13,21H,2-11H2,1H3,(H,17,18)(H,19,22);1H. The molecule has 1 saturated carbocycles. The van der Waals surface area contributed by atoms with Crippen molar-refractivity contribution in [1.29, 1.82) is 0 Å². The van der Waals surface area contributed by atoms with Crippen molar-refractivity contribution in [3.05, 3.63) is 0 Å². The van der Waals surface area contributed by atoms with Crippen LogP contribution in [0.5, 0.6) is 0 Å². The van der Waals surface area contributed by atoms with Crippen LogP contribution in [0.2, 0.25) is 0 Å². The molecule has 3 rings (SSSR count). The number of hydrogen-bond acceptors (Lipinski definition) is 3. The molecule has 7 heteroatoms. The van der Waals surface area contributed by atoms with Crippen LogP contribution in [0.25, 0.3) is 0 Å². The highest BCUT2D eigenvalue weighted by molar-refractivity contribution is 14.0. The number of halogens is 1. The zero-order valence-corrected chi connectivity index (χ0v) is 16.2. The summed E-state index contributed by atoms with van der Waals surface area (Å²) in [6.07, 6.45) is 5.81. The molecule has 3 N–H and O–H groups in total. The van der Waals surface area contributed by atoms with E-state index in [-0.39, 0.29) is 41.4 Å². The number of carbonyl (C=O) groups is 1. The first-order valence-electron chi connectivity index (χ1n) is 8.52. The molecule has 6 nitrogen and oxygen atoms in total. The van der Waals surface area contributed by atoms with Crippen molar-refractivity contribution in [1.82, 2.24) is 15.5 Å². The summed E-state index contributed by atoms with van der Waals surface area (Å²) >= 11 is 0. The molecule has 23 heavy (non-hydrogen) atoms. The van der Waals surface area contributed by atoms with Crippen LogP contribution in [0.1, 0.15) is 38.5 Å². The van der Waals surface area contributed by atoms with E-state index in [0.717, 1.165) is 64.2 Å². The van der Waals surface area contributed by atoms with Gasteiger partial charge in [0, 0.05) is 51.0 Å². The minimum absolute atomic E-state index is 0. The first kappa shape index (κ1) is 18.8. The topological polar surface area (TPSA) is 77.0 Å². The van der Waals surface area contributed by atoms with Gasteiger partial charge in [0.15, 0.2) is 5.96 Å². The summed E-state index contributed by atoms with van der Waals surface area (Å²) in [7, 11) is 1.81. The summed E-state index contributed by atoms with van der Waals surface area (Å²) in [6.45, 7) is 3.46. The summed E-state index contributed by atoms with van der Waals surface area (Å²) < 4.78 is 0.